The number of hydrogen-bond donors (Lipinski definition) is 2. The second-order valence-electron chi connectivity index (χ2n) is 4.82. The van der Waals surface area contributed by atoms with Crippen molar-refractivity contribution in [3.05, 3.63) is 35.4 Å². The molecule has 0 radical (unpaired) electrons. The largest absolute Gasteiger partial charge is 0.343 e. The molecule has 0 saturated carbocycles. The zero-order chi connectivity index (χ0) is 15.1. The average molecular weight is 285 g/mol. The van der Waals surface area contributed by atoms with Gasteiger partial charge in [-0.15, -0.1) is 0 Å². The molecule has 1 aliphatic heterocycles. The first-order valence-corrected chi connectivity index (χ1v) is 7.06. The van der Waals surface area contributed by atoms with Crippen LogP contribution in [0.4, 0.5) is 0 Å². The van der Waals surface area contributed by atoms with Gasteiger partial charge in [-0.1, -0.05) is 24.0 Å². The van der Waals surface area contributed by atoms with Crippen LogP contribution in [0.1, 0.15) is 28.8 Å². The number of amides is 2. The molecule has 1 saturated heterocycles. The van der Waals surface area contributed by atoms with E-state index >= 15 is 0 Å². The van der Waals surface area contributed by atoms with Crippen molar-refractivity contribution in [2.45, 2.75) is 12.8 Å². The van der Waals surface area contributed by atoms with Gasteiger partial charge in [0.15, 0.2) is 0 Å². The highest BCUT2D eigenvalue weighted by atomic mass is 16.2. The molecule has 5 nitrogen and oxygen atoms in total. The molecule has 0 aliphatic carbocycles. The molecule has 0 atom stereocenters. The number of hydrogen-bond acceptors (Lipinski definition) is 3. The predicted octanol–water partition coefficient (Wildman–Crippen LogP) is 0.349. The van der Waals surface area contributed by atoms with Gasteiger partial charge in [0.1, 0.15) is 0 Å². The van der Waals surface area contributed by atoms with Crippen molar-refractivity contribution < 1.29 is 9.59 Å². The second kappa shape index (κ2) is 7.46. The van der Waals surface area contributed by atoms with Crippen LogP contribution in [0.2, 0.25) is 0 Å². The Morgan fingerprint density at radius 3 is 2.67 bits per heavy atom. The Morgan fingerprint density at radius 2 is 1.95 bits per heavy atom. The molecule has 1 aromatic carbocycles. The van der Waals surface area contributed by atoms with E-state index in [1.807, 2.05) is 6.07 Å². The number of likely N-dealkylation sites (tertiary alicyclic amines) is 1. The van der Waals surface area contributed by atoms with Crippen LogP contribution in [0.15, 0.2) is 24.3 Å². The maximum absolute atomic E-state index is 12.2. The van der Waals surface area contributed by atoms with Crippen LogP contribution in [0.25, 0.3) is 0 Å². The Bertz CT molecular complexity index is 581. The Hall–Kier alpha value is -2.32. The van der Waals surface area contributed by atoms with Crippen LogP contribution in [0.3, 0.4) is 0 Å². The third kappa shape index (κ3) is 4.07. The van der Waals surface area contributed by atoms with Crippen molar-refractivity contribution in [1.29, 1.82) is 0 Å². The molecule has 2 rings (SSSR count). The number of benzene rings is 1. The molecule has 5 heteroatoms. The highest BCUT2D eigenvalue weighted by molar-refractivity contribution is 5.98. The van der Waals surface area contributed by atoms with E-state index in [2.05, 4.69) is 17.2 Å². The van der Waals surface area contributed by atoms with Gasteiger partial charge in [-0.25, -0.2) is 0 Å². The van der Waals surface area contributed by atoms with E-state index < -0.39 is 0 Å². The fourth-order valence-corrected chi connectivity index (χ4v) is 2.27. The van der Waals surface area contributed by atoms with E-state index in [9.17, 15) is 9.59 Å². The lowest BCUT2D eigenvalue weighted by Crippen LogP contribution is -2.38. The number of carbonyl (C=O) groups excluding carboxylic acids is 2. The van der Waals surface area contributed by atoms with Crippen LogP contribution < -0.4 is 11.1 Å². The van der Waals surface area contributed by atoms with E-state index in [1.165, 1.54) is 0 Å². The minimum Gasteiger partial charge on any atom is -0.343 e. The summed E-state index contributed by atoms with van der Waals surface area (Å²) in [5.74, 6) is 5.27. The summed E-state index contributed by atoms with van der Waals surface area (Å²) in [4.78, 5) is 25.9. The van der Waals surface area contributed by atoms with E-state index in [4.69, 9.17) is 5.73 Å². The molecule has 0 bridgehead atoms. The van der Waals surface area contributed by atoms with E-state index in [1.54, 1.807) is 23.1 Å². The lowest BCUT2D eigenvalue weighted by atomic mass is 10.1. The van der Waals surface area contributed by atoms with Gasteiger partial charge in [-0.2, -0.15) is 0 Å². The SMILES string of the molecule is NCC#Cc1ccccc1C(=O)NCC(=O)N1CCCC1. The van der Waals surface area contributed by atoms with Gasteiger partial charge >= 0.3 is 0 Å². The number of nitrogens with two attached hydrogens (primary N) is 1. The van der Waals surface area contributed by atoms with Gasteiger partial charge in [0, 0.05) is 18.7 Å². The van der Waals surface area contributed by atoms with Gasteiger partial charge in [0.2, 0.25) is 5.91 Å². The zero-order valence-electron chi connectivity index (χ0n) is 11.9. The molecule has 1 aliphatic rings. The van der Waals surface area contributed by atoms with Crippen molar-refractivity contribution in [3.8, 4) is 11.8 Å². The standard InChI is InChI=1S/C16H19N3O2/c17-9-5-7-13-6-1-2-8-14(13)16(21)18-12-15(20)19-10-3-4-11-19/h1-2,6,8H,3-4,9-12,17H2,(H,18,21). The normalized spacial score (nSPS) is 13.5. The molecule has 1 aromatic rings. The Balaban J connectivity index is 1.98. The molecule has 0 unspecified atom stereocenters. The maximum Gasteiger partial charge on any atom is 0.252 e. The molecular formula is C16H19N3O2. The molecule has 1 fully saturated rings. The van der Waals surface area contributed by atoms with Crippen molar-refractivity contribution in [2.75, 3.05) is 26.2 Å². The number of nitrogens with zero attached hydrogens (tertiary/aromatic N) is 1. The summed E-state index contributed by atoms with van der Waals surface area (Å²) in [6.45, 7) is 1.83. The zero-order valence-corrected chi connectivity index (χ0v) is 11.9. The first kappa shape index (κ1) is 15.1. The van der Waals surface area contributed by atoms with Gasteiger partial charge in [0.25, 0.3) is 5.91 Å². The minimum absolute atomic E-state index is 0.0253. The van der Waals surface area contributed by atoms with E-state index in [-0.39, 0.29) is 24.9 Å². The summed E-state index contributed by atoms with van der Waals surface area (Å²) in [6.07, 6.45) is 2.08. The first-order chi connectivity index (χ1) is 10.2. The highest BCUT2D eigenvalue weighted by Crippen LogP contribution is 2.08. The summed E-state index contributed by atoms with van der Waals surface area (Å²) < 4.78 is 0. The Kier molecular flexibility index (Phi) is 5.35. The Morgan fingerprint density at radius 1 is 1.24 bits per heavy atom. The fourth-order valence-electron chi connectivity index (χ4n) is 2.27. The maximum atomic E-state index is 12.2. The highest BCUT2D eigenvalue weighted by Gasteiger charge is 2.18. The van der Waals surface area contributed by atoms with E-state index in [0.717, 1.165) is 25.9 Å². The number of rotatable bonds is 3. The predicted molar refractivity (Wildman–Crippen MR) is 80.5 cm³/mol. The molecule has 3 N–H and O–H groups in total. The van der Waals surface area contributed by atoms with Gasteiger partial charge in [-0.05, 0) is 25.0 Å². The van der Waals surface area contributed by atoms with Crippen LogP contribution in [0.5, 0.6) is 0 Å². The summed E-state index contributed by atoms with van der Waals surface area (Å²) >= 11 is 0. The van der Waals surface area contributed by atoms with Crippen molar-refractivity contribution in [3.63, 3.8) is 0 Å². The van der Waals surface area contributed by atoms with Crippen LogP contribution >= 0.6 is 0 Å². The summed E-state index contributed by atoms with van der Waals surface area (Å²) in [5, 5.41) is 2.66. The molecule has 0 aromatic heterocycles. The number of nitrogens with one attached hydrogen (secondary N) is 1. The van der Waals surface area contributed by atoms with Crippen LogP contribution in [-0.4, -0.2) is 42.9 Å². The quantitative estimate of drug-likeness (QED) is 0.787. The summed E-state index contributed by atoms with van der Waals surface area (Å²) in [5.41, 5.74) is 6.43. The molecule has 2 amide bonds. The van der Waals surface area contributed by atoms with Gasteiger partial charge < -0.3 is 16.0 Å². The van der Waals surface area contributed by atoms with E-state index in [0.29, 0.717) is 11.1 Å². The van der Waals surface area contributed by atoms with Crippen molar-refractivity contribution in [1.82, 2.24) is 10.2 Å². The van der Waals surface area contributed by atoms with Gasteiger partial charge in [-0.3, -0.25) is 9.59 Å². The molecular weight excluding hydrogens is 266 g/mol. The average Bonchev–Trinajstić information content (AvgIpc) is 3.05. The lowest BCUT2D eigenvalue weighted by molar-refractivity contribution is -0.129. The first-order valence-electron chi connectivity index (χ1n) is 7.06. The van der Waals surface area contributed by atoms with Crippen LogP contribution in [0, 0.1) is 11.8 Å². The minimum atomic E-state index is -0.288. The van der Waals surface area contributed by atoms with Crippen LogP contribution in [-0.2, 0) is 4.79 Å². The molecule has 0 spiro atoms. The monoisotopic (exact) mass is 285 g/mol. The van der Waals surface area contributed by atoms with Crippen molar-refractivity contribution >= 4 is 11.8 Å². The molecule has 1 heterocycles. The van der Waals surface area contributed by atoms with Gasteiger partial charge in [0.05, 0.1) is 18.7 Å². The topological polar surface area (TPSA) is 75.4 Å². The molecule has 110 valence electrons. The molecule has 21 heavy (non-hydrogen) atoms. The summed E-state index contributed by atoms with van der Waals surface area (Å²) in [7, 11) is 0. The smallest absolute Gasteiger partial charge is 0.252 e. The van der Waals surface area contributed by atoms with Crippen molar-refractivity contribution in [2.24, 2.45) is 5.73 Å². The Labute approximate surface area is 124 Å². The third-order valence-electron chi connectivity index (χ3n) is 3.36. The lowest BCUT2D eigenvalue weighted by Gasteiger charge is -2.15. The second-order valence-corrected chi connectivity index (χ2v) is 4.82. The fraction of sp³-hybridized carbons (Fsp3) is 0.375. The number of carbonyl (C=O) groups is 2. The summed E-state index contributed by atoms with van der Waals surface area (Å²) in [6, 6.07) is 7.04. The third-order valence-corrected chi connectivity index (χ3v) is 3.36.